The standard InChI is InChI=1S/C14H9BO3/c16-15(17)10-7-6-9-5-4-8-2-1-3-11-12(8)13(9)14(10)18-11/h1-7,16-17H. The Morgan fingerprint density at radius 3 is 2.33 bits per heavy atom. The molecule has 0 fully saturated rings. The highest BCUT2D eigenvalue weighted by Gasteiger charge is 2.21. The molecular weight excluding hydrogens is 227 g/mol. The third-order valence-electron chi connectivity index (χ3n) is 3.46. The van der Waals surface area contributed by atoms with Crippen LogP contribution in [0.25, 0.3) is 32.7 Å². The van der Waals surface area contributed by atoms with Crippen molar-refractivity contribution < 1.29 is 14.5 Å². The van der Waals surface area contributed by atoms with Gasteiger partial charge in [0.25, 0.3) is 0 Å². The zero-order valence-electron chi connectivity index (χ0n) is 9.42. The molecule has 0 unspecified atom stereocenters. The Hall–Kier alpha value is -2.04. The fourth-order valence-corrected chi connectivity index (χ4v) is 2.65. The lowest BCUT2D eigenvalue weighted by Gasteiger charge is -2.03. The molecular formula is C14H9BO3. The molecule has 0 bridgehead atoms. The van der Waals surface area contributed by atoms with Crippen molar-refractivity contribution in [1.82, 2.24) is 0 Å². The van der Waals surface area contributed by atoms with Crippen LogP contribution in [-0.2, 0) is 0 Å². The second kappa shape index (κ2) is 3.25. The second-order valence-corrected chi connectivity index (χ2v) is 4.48. The van der Waals surface area contributed by atoms with Gasteiger partial charge in [0.15, 0.2) is 0 Å². The van der Waals surface area contributed by atoms with Gasteiger partial charge in [-0.1, -0.05) is 36.4 Å². The maximum absolute atomic E-state index is 9.40. The van der Waals surface area contributed by atoms with Gasteiger partial charge < -0.3 is 14.5 Å². The topological polar surface area (TPSA) is 53.6 Å². The molecule has 0 spiro atoms. The van der Waals surface area contributed by atoms with Gasteiger partial charge in [-0.2, -0.15) is 0 Å². The number of benzene rings is 3. The maximum atomic E-state index is 9.40. The summed E-state index contributed by atoms with van der Waals surface area (Å²) in [4.78, 5) is 0. The Morgan fingerprint density at radius 2 is 1.56 bits per heavy atom. The smallest absolute Gasteiger partial charge is 0.456 e. The molecule has 0 aliphatic carbocycles. The van der Waals surface area contributed by atoms with E-state index in [1.807, 2.05) is 30.3 Å². The lowest BCUT2D eigenvalue weighted by molar-refractivity contribution is 0.425. The average Bonchev–Trinajstić information content (AvgIpc) is 2.76. The predicted octanol–water partition coefficient (Wildman–Crippen LogP) is 1.86. The fraction of sp³-hybridized carbons (Fsp3) is 0. The first-order valence-electron chi connectivity index (χ1n) is 5.78. The van der Waals surface area contributed by atoms with Crippen LogP contribution in [0.1, 0.15) is 0 Å². The third-order valence-corrected chi connectivity index (χ3v) is 3.46. The van der Waals surface area contributed by atoms with Gasteiger partial charge in [0.05, 0.1) is 0 Å². The maximum Gasteiger partial charge on any atom is 0.492 e. The lowest BCUT2D eigenvalue weighted by atomic mass is 9.78. The van der Waals surface area contributed by atoms with E-state index in [2.05, 4.69) is 6.07 Å². The van der Waals surface area contributed by atoms with Gasteiger partial charge in [-0.15, -0.1) is 0 Å². The van der Waals surface area contributed by atoms with Crippen LogP contribution in [0.3, 0.4) is 0 Å². The summed E-state index contributed by atoms with van der Waals surface area (Å²) in [6.07, 6.45) is 0. The van der Waals surface area contributed by atoms with Crippen LogP contribution in [0.15, 0.2) is 46.9 Å². The molecule has 0 saturated carbocycles. The van der Waals surface area contributed by atoms with Crippen molar-refractivity contribution >= 4 is 45.3 Å². The van der Waals surface area contributed by atoms with E-state index in [1.54, 1.807) is 6.07 Å². The van der Waals surface area contributed by atoms with E-state index in [1.165, 1.54) is 0 Å². The Morgan fingerprint density at radius 1 is 0.833 bits per heavy atom. The Labute approximate surface area is 103 Å². The second-order valence-electron chi connectivity index (χ2n) is 4.48. The number of hydrogen-bond acceptors (Lipinski definition) is 3. The molecule has 4 heteroatoms. The zero-order valence-corrected chi connectivity index (χ0v) is 9.42. The van der Waals surface area contributed by atoms with E-state index in [4.69, 9.17) is 4.42 Å². The molecule has 0 aliphatic rings. The van der Waals surface area contributed by atoms with Crippen LogP contribution >= 0.6 is 0 Å². The van der Waals surface area contributed by atoms with E-state index < -0.39 is 7.12 Å². The molecule has 4 rings (SSSR count). The van der Waals surface area contributed by atoms with Crippen molar-refractivity contribution in [1.29, 1.82) is 0 Å². The average molecular weight is 236 g/mol. The highest BCUT2D eigenvalue weighted by Crippen LogP contribution is 2.35. The molecule has 3 aromatic carbocycles. The number of hydrogen-bond donors (Lipinski definition) is 2. The zero-order chi connectivity index (χ0) is 12.3. The van der Waals surface area contributed by atoms with Crippen molar-refractivity contribution in [3.63, 3.8) is 0 Å². The van der Waals surface area contributed by atoms with Crippen LogP contribution in [0.4, 0.5) is 0 Å². The highest BCUT2D eigenvalue weighted by atomic mass is 16.4. The summed E-state index contributed by atoms with van der Waals surface area (Å²) in [6.45, 7) is 0. The molecule has 0 aliphatic heterocycles. The Bertz CT molecular complexity index is 863. The molecule has 18 heavy (non-hydrogen) atoms. The monoisotopic (exact) mass is 236 g/mol. The molecule has 1 aromatic heterocycles. The first-order valence-corrected chi connectivity index (χ1v) is 5.78. The summed E-state index contributed by atoms with van der Waals surface area (Å²) in [5.41, 5.74) is 1.75. The van der Waals surface area contributed by atoms with E-state index in [0.717, 1.165) is 27.1 Å². The van der Waals surface area contributed by atoms with Gasteiger partial charge in [0, 0.05) is 16.2 Å². The third kappa shape index (κ3) is 1.11. The van der Waals surface area contributed by atoms with Crippen LogP contribution in [-0.4, -0.2) is 17.2 Å². The van der Waals surface area contributed by atoms with Crippen LogP contribution < -0.4 is 5.46 Å². The van der Waals surface area contributed by atoms with Gasteiger partial charge in [0.2, 0.25) is 0 Å². The largest absolute Gasteiger partial charge is 0.492 e. The Kier molecular flexibility index (Phi) is 1.80. The van der Waals surface area contributed by atoms with Gasteiger partial charge in [-0.25, -0.2) is 0 Å². The fourth-order valence-electron chi connectivity index (χ4n) is 2.65. The molecule has 0 atom stereocenters. The molecule has 86 valence electrons. The molecule has 0 saturated heterocycles. The number of furan rings is 1. The van der Waals surface area contributed by atoms with Gasteiger partial charge in [0.1, 0.15) is 11.2 Å². The molecule has 3 nitrogen and oxygen atoms in total. The molecule has 1 heterocycles. The van der Waals surface area contributed by atoms with E-state index in [0.29, 0.717) is 11.0 Å². The molecule has 0 radical (unpaired) electrons. The summed E-state index contributed by atoms with van der Waals surface area (Å²) < 4.78 is 5.79. The minimum absolute atomic E-state index is 0.409. The minimum atomic E-state index is -1.52. The van der Waals surface area contributed by atoms with Crippen LogP contribution in [0.5, 0.6) is 0 Å². The van der Waals surface area contributed by atoms with Crippen molar-refractivity contribution in [2.45, 2.75) is 0 Å². The van der Waals surface area contributed by atoms with Crippen LogP contribution in [0.2, 0.25) is 0 Å². The molecule has 4 aromatic rings. The summed E-state index contributed by atoms with van der Waals surface area (Å²) >= 11 is 0. The highest BCUT2D eigenvalue weighted by molar-refractivity contribution is 6.62. The molecule has 0 amide bonds. The van der Waals surface area contributed by atoms with Gasteiger partial charge in [-0.05, 0) is 16.8 Å². The van der Waals surface area contributed by atoms with E-state index in [9.17, 15) is 10.0 Å². The number of rotatable bonds is 1. The Balaban J connectivity index is 2.35. The predicted molar refractivity (Wildman–Crippen MR) is 72.2 cm³/mol. The van der Waals surface area contributed by atoms with Crippen LogP contribution in [0, 0.1) is 0 Å². The normalized spacial score (nSPS) is 11.9. The SMILES string of the molecule is OB(O)c1ccc2ccc3cccc4oc1c2c34. The summed E-state index contributed by atoms with van der Waals surface area (Å²) in [7, 11) is -1.52. The minimum Gasteiger partial charge on any atom is -0.456 e. The first kappa shape index (κ1) is 9.94. The van der Waals surface area contributed by atoms with E-state index >= 15 is 0 Å². The molecule has 2 N–H and O–H groups in total. The quantitative estimate of drug-likeness (QED) is 0.391. The first-order chi connectivity index (χ1) is 8.75. The van der Waals surface area contributed by atoms with Crippen molar-refractivity contribution in [2.75, 3.05) is 0 Å². The van der Waals surface area contributed by atoms with Crippen molar-refractivity contribution in [3.05, 3.63) is 42.5 Å². The van der Waals surface area contributed by atoms with Crippen molar-refractivity contribution in [3.8, 4) is 0 Å². The summed E-state index contributed by atoms with van der Waals surface area (Å²) in [5, 5.41) is 23.0. The lowest BCUT2D eigenvalue weighted by Crippen LogP contribution is -2.30. The summed E-state index contributed by atoms with van der Waals surface area (Å²) in [5.74, 6) is 0. The van der Waals surface area contributed by atoms with Crippen molar-refractivity contribution in [2.24, 2.45) is 0 Å². The summed E-state index contributed by atoms with van der Waals surface area (Å²) in [6, 6.07) is 13.5. The van der Waals surface area contributed by atoms with Gasteiger partial charge in [-0.3, -0.25) is 0 Å². The van der Waals surface area contributed by atoms with E-state index in [-0.39, 0.29) is 0 Å². The van der Waals surface area contributed by atoms with Gasteiger partial charge >= 0.3 is 7.12 Å².